The van der Waals surface area contributed by atoms with Crippen LogP contribution in [0.4, 0.5) is 8.78 Å². The van der Waals surface area contributed by atoms with E-state index in [-0.39, 0.29) is 11.8 Å². The van der Waals surface area contributed by atoms with Crippen molar-refractivity contribution >= 4 is 0 Å². The molecule has 0 amide bonds. The maximum Gasteiger partial charge on any atom is 0.152 e. The van der Waals surface area contributed by atoms with Crippen molar-refractivity contribution in [3.05, 3.63) is 0 Å². The average Bonchev–Trinajstić information content (AvgIpc) is 2.75. The number of alkyl halides is 2. The minimum absolute atomic E-state index is 0.0597. The Morgan fingerprint density at radius 3 is 2.28 bits per heavy atom. The number of ether oxygens (including phenoxy) is 2. The molecule has 0 aromatic heterocycles. The molecule has 0 radical (unpaired) electrons. The van der Waals surface area contributed by atoms with Crippen LogP contribution in [-0.2, 0) is 9.47 Å². The third kappa shape index (κ3) is 1.79. The van der Waals surface area contributed by atoms with Crippen molar-refractivity contribution in [1.82, 2.24) is 0 Å². The smallest absolute Gasteiger partial charge is 0.152 e. The molecule has 1 heterocycles. The number of fused-ring (bicyclic) bond motifs is 3. The Morgan fingerprint density at radius 1 is 1.00 bits per heavy atom. The van der Waals surface area contributed by atoms with Gasteiger partial charge in [0.15, 0.2) is 12.3 Å². The fourth-order valence-corrected chi connectivity index (χ4v) is 3.97. The van der Waals surface area contributed by atoms with E-state index in [2.05, 4.69) is 0 Å². The normalized spacial score (nSPS) is 56.0. The Labute approximate surface area is 105 Å². The quantitative estimate of drug-likeness (QED) is 0.780. The van der Waals surface area contributed by atoms with Gasteiger partial charge in [-0.05, 0) is 37.5 Å². The van der Waals surface area contributed by atoms with E-state index in [9.17, 15) is 13.9 Å². The van der Waals surface area contributed by atoms with Crippen LogP contribution in [0.25, 0.3) is 0 Å². The molecule has 3 aliphatic rings. The van der Waals surface area contributed by atoms with Crippen LogP contribution >= 0.6 is 0 Å². The van der Waals surface area contributed by atoms with Gasteiger partial charge in [0, 0.05) is 7.11 Å². The van der Waals surface area contributed by atoms with Gasteiger partial charge in [-0.15, -0.1) is 0 Å². The summed E-state index contributed by atoms with van der Waals surface area (Å²) in [6.07, 6.45) is -2.43. The van der Waals surface area contributed by atoms with Crippen LogP contribution in [0.5, 0.6) is 0 Å². The van der Waals surface area contributed by atoms with Gasteiger partial charge < -0.3 is 14.6 Å². The number of halogens is 2. The van der Waals surface area contributed by atoms with Crippen molar-refractivity contribution in [2.24, 2.45) is 11.8 Å². The van der Waals surface area contributed by atoms with Crippen molar-refractivity contribution in [2.45, 2.75) is 62.4 Å². The van der Waals surface area contributed by atoms with Crippen molar-refractivity contribution in [3.8, 4) is 0 Å². The number of rotatable bonds is 1. The molecule has 3 nitrogen and oxygen atoms in total. The molecule has 0 bridgehead atoms. The van der Waals surface area contributed by atoms with Gasteiger partial charge in [0.2, 0.25) is 0 Å². The number of methoxy groups -OCH3 is 1. The molecule has 1 aliphatic heterocycles. The van der Waals surface area contributed by atoms with Gasteiger partial charge >= 0.3 is 0 Å². The van der Waals surface area contributed by atoms with Crippen LogP contribution in [0, 0.1) is 11.8 Å². The summed E-state index contributed by atoms with van der Waals surface area (Å²) in [4.78, 5) is 0. The van der Waals surface area contributed by atoms with E-state index >= 15 is 0 Å². The maximum absolute atomic E-state index is 14.2. The van der Waals surface area contributed by atoms with E-state index in [1.165, 1.54) is 7.11 Å². The Kier molecular flexibility index (Phi) is 3.32. The minimum atomic E-state index is -1.37. The van der Waals surface area contributed by atoms with Crippen molar-refractivity contribution in [1.29, 1.82) is 0 Å². The lowest BCUT2D eigenvalue weighted by Crippen LogP contribution is -2.44. The van der Waals surface area contributed by atoms with Crippen LogP contribution in [0.2, 0.25) is 0 Å². The molecular formula is C13H20F2O3. The zero-order chi connectivity index (χ0) is 12.9. The SMILES string of the molecule is COC1CCC2C3CCC(O)C(F)C3OC2C1F. The van der Waals surface area contributed by atoms with E-state index in [0.29, 0.717) is 12.8 Å². The molecule has 104 valence electrons. The molecule has 1 saturated heterocycles. The third-order valence-corrected chi connectivity index (χ3v) is 4.94. The van der Waals surface area contributed by atoms with Crippen LogP contribution in [0.3, 0.4) is 0 Å². The molecule has 0 aromatic carbocycles. The second-order valence-electron chi connectivity index (χ2n) is 5.78. The van der Waals surface area contributed by atoms with Gasteiger partial charge in [0.1, 0.15) is 0 Å². The second kappa shape index (κ2) is 4.69. The van der Waals surface area contributed by atoms with E-state index < -0.39 is 36.8 Å². The zero-order valence-corrected chi connectivity index (χ0v) is 10.5. The first-order valence-corrected chi connectivity index (χ1v) is 6.78. The Hall–Kier alpha value is -0.260. The summed E-state index contributed by atoms with van der Waals surface area (Å²) in [5, 5.41) is 9.55. The largest absolute Gasteiger partial charge is 0.390 e. The van der Waals surface area contributed by atoms with Gasteiger partial charge in [-0.3, -0.25) is 0 Å². The fraction of sp³-hybridized carbons (Fsp3) is 1.00. The van der Waals surface area contributed by atoms with E-state index in [1.54, 1.807) is 0 Å². The molecule has 5 heteroatoms. The molecule has 1 N–H and O–H groups in total. The van der Waals surface area contributed by atoms with E-state index in [1.807, 2.05) is 0 Å². The number of aliphatic hydroxyl groups is 1. The Bertz CT molecular complexity index is 315. The summed E-state index contributed by atoms with van der Waals surface area (Å²) >= 11 is 0. The second-order valence-corrected chi connectivity index (χ2v) is 5.78. The highest BCUT2D eigenvalue weighted by molar-refractivity contribution is 5.04. The third-order valence-electron chi connectivity index (χ3n) is 4.94. The summed E-state index contributed by atoms with van der Waals surface area (Å²) in [6.45, 7) is 0. The number of aliphatic hydroxyl groups excluding tert-OH is 1. The fourth-order valence-electron chi connectivity index (χ4n) is 3.97. The highest BCUT2D eigenvalue weighted by Crippen LogP contribution is 2.49. The summed E-state index contributed by atoms with van der Waals surface area (Å²) in [7, 11) is 1.50. The standard InChI is InChI=1S/C13H20F2O3/c1-17-9-5-3-7-6-2-4-8(16)10(14)12(6)18-13(7)11(9)15/h6-13,16H,2-5H2,1H3. The van der Waals surface area contributed by atoms with Crippen LogP contribution < -0.4 is 0 Å². The maximum atomic E-state index is 14.2. The number of hydrogen-bond acceptors (Lipinski definition) is 3. The van der Waals surface area contributed by atoms with Gasteiger partial charge in [-0.2, -0.15) is 0 Å². The predicted octanol–water partition coefficient (Wildman–Crippen LogP) is 1.63. The highest BCUT2D eigenvalue weighted by atomic mass is 19.1. The summed E-state index contributed by atoms with van der Waals surface area (Å²) in [5.74, 6) is 0.145. The van der Waals surface area contributed by atoms with Crippen molar-refractivity contribution in [3.63, 3.8) is 0 Å². The van der Waals surface area contributed by atoms with Crippen molar-refractivity contribution < 1.29 is 23.4 Å². The highest BCUT2D eigenvalue weighted by Gasteiger charge is 2.56. The molecule has 8 atom stereocenters. The van der Waals surface area contributed by atoms with E-state index in [4.69, 9.17) is 9.47 Å². The van der Waals surface area contributed by atoms with Gasteiger partial charge in [-0.25, -0.2) is 8.78 Å². The van der Waals surface area contributed by atoms with Gasteiger partial charge in [-0.1, -0.05) is 0 Å². The molecular weight excluding hydrogens is 242 g/mol. The summed E-state index contributed by atoms with van der Waals surface area (Å²) in [5.41, 5.74) is 0. The molecule has 2 aliphatic carbocycles. The minimum Gasteiger partial charge on any atom is -0.390 e. The van der Waals surface area contributed by atoms with Crippen molar-refractivity contribution in [2.75, 3.05) is 7.11 Å². The monoisotopic (exact) mass is 262 g/mol. The first-order chi connectivity index (χ1) is 8.63. The van der Waals surface area contributed by atoms with Crippen LogP contribution in [-0.4, -0.2) is 49.0 Å². The van der Waals surface area contributed by atoms with Crippen LogP contribution in [0.1, 0.15) is 25.7 Å². The summed E-state index contributed by atoms with van der Waals surface area (Å²) < 4.78 is 38.9. The Balaban J connectivity index is 1.78. The molecule has 0 aromatic rings. The van der Waals surface area contributed by atoms with Gasteiger partial charge in [0.05, 0.1) is 24.4 Å². The molecule has 3 rings (SSSR count). The predicted molar refractivity (Wildman–Crippen MR) is 60.7 cm³/mol. The van der Waals surface area contributed by atoms with Crippen LogP contribution in [0.15, 0.2) is 0 Å². The molecule has 0 spiro atoms. The lowest BCUT2D eigenvalue weighted by atomic mass is 9.71. The molecule has 18 heavy (non-hydrogen) atoms. The average molecular weight is 262 g/mol. The molecule has 3 fully saturated rings. The zero-order valence-electron chi connectivity index (χ0n) is 10.5. The Morgan fingerprint density at radius 2 is 1.61 bits per heavy atom. The van der Waals surface area contributed by atoms with Gasteiger partial charge in [0.25, 0.3) is 0 Å². The lowest BCUT2D eigenvalue weighted by molar-refractivity contribution is -0.119. The summed E-state index contributed by atoms with van der Waals surface area (Å²) in [6, 6.07) is 0. The lowest BCUT2D eigenvalue weighted by Gasteiger charge is -2.36. The van der Waals surface area contributed by atoms with E-state index in [0.717, 1.165) is 12.8 Å². The first-order valence-electron chi connectivity index (χ1n) is 6.78. The number of hydrogen-bond donors (Lipinski definition) is 1. The first kappa shape index (κ1) is 12.8. The topological polar surface area (TPSA) is 38.7 Å². The molecule has 8 unspecified atom stereocenters. The molecule has 2 saturated carbocycles.